The van der Waals surface area contributed by atoms with Crippen LogP contribution in [-0.2, 0) is 4.74 Å². The van der Waals surface area contributed by atoms with E-state index >= 15 is 0 Å². The Labute approximate surface area is 82.0 Å². The van der Waals surface area contributed by atoms with E-state index < -0.39 is 0 Å². The van der Waals surface area contributed by atoms with Crippen LogP contribution in [0.1, 0.15) is 33.1 Å². The largest absolute Gasteiger partial charge is 0.383 e. The molecule has 0 saturated heterocycles. The van der Waals surface area contributed by atoms with E-state index in [1.54, 1.807) is 7.11 Å². The molecule has 0 amide bonds. The molecule has 0 heterocycles. The van der Waals surface area contributed by atoms with Gasteiger partial charge < -0.3 is 10.1 Å². The summed E-state index contributed by atoms with van der Waals surface area (Å²) in [5, 5.41) is 3.57. The monoisotopic (exact) mass is 185 g/mol. The Kier molecular flexibility index (Phi) is 4.74. The SMILES string of the molecule is CCCNC(COC)C(C)C1CC1. The Morgan fingerprint density at radius 2 is 2.15 bits per heavy atom. The molecule has 2 heteroatoms. The van der Waals surface area contributed by atoms with Gasteiger partial charge in [-0.25, -0.2) is 0 Å². The minimum Gasteiger partial charge on any atom is -0.383 e. The van der Waals surface area contributed by atoms with Gasteiger partial charge in [-0.05, 0) is 37.6 Å². The van der Waals surface area contributed by atoms with Crippen molar-refractivity contribution >= 4 is 0 Å². The van der Waals surface area contributed by atoms with E-state index in [4.69, 9.17) is 4.74 Å². The lowest BCUT2D eigenvalue weighted by atomic mass is 9.97. The zero-order valence-corrected chi connectivity index (χ0v) is 9.18. The van der Waals surface area contributed by atoms with Crippen molar-refractivity contribution in [2.45, 2.75) is 39.2 Å². The van der Waals surface area contributed by atoms with Crippen molar-refractivity contribution in [1.82, 2.24) is 5.32 Å². The highest BCUT2D eigenvalue weighted by molar-refractivity contribution is 4.86. The van der Waals surface area contributed by atoms with Crippen LogP contribution in [0.3, 0.4) is 0 Å². The van der Waals surface area contributed by atoms with Gasteiger partial charge in [-0.1, -0.05) is 13.8 Å². The summed E-state index contributed by atoms with van der Waals surface area (Å²) in [5.74, 6) is 1.75. The standard InChI is InChI=1S/C11H23NO/c1-4-7-12-11(8-13-3)9(2)10-5-6-10/h9-12H,4-8H2,1-3H3. The molecule has 1 aliphatic carbocycles. The molecule has 0 bridgehead atoms. The summed E-state index contributed by atoms with van der Waals surface area (Å²) < 4.78 is 5.24. The summed E-state index contributed by atoms with van der Waals surface area (Å²) in [6.07, 6.45) is 4.06. The molecule has 1 rings (SSSR count). The quantitative estimate of drug-likeness (QED) is 0.655. The molecule has 78 valence electrons. The maximum atomic E-state index is 5.24. The Bertz CT molecular complexity index is 134. The van der Waals surface area contributed by atoms with Crippen molar-refractivity contribution in [2.75, 3.05) is 20.3 Å². The van der Waals surface area contributed by atoms with Gasteiger partial charge in [0, 0.05) is 13.2 Å². The number of hydrogen-bond acceptors (Lipinski definition) is 2. The lowest BCUT2D eigenvalue weighted by Crippen LogP contribution is -2.40. The van der Waals surface area contributed by atoms with E-state index in [-0.39, 0.29) is 0 Å². The maximum Gasteiger partial charge on any atom is 0.0618 e. The van der Waals surface area contributed by atoms with Crippen molar-refractivity contribution in [2.24, 2.45) is 11.8 Å². The lowest BCUT2D eigenvalue weighted by Gasteiger charge is -2.24. The van der Waals surface area contributed by atoms with Crippen LogP contribution in [0.15, 0.2) is 0 Å². The first-order chi connectivity index (χ1) is 6.29. The summed E-state index contributed by atoms with van der Waals surface area (Å²) in [5.41, 5.74) is 0. The zero-order chi connectivity index (χ0) is 9.68. The Hall–Kier alpha value is -0.0800. The van der Waals surface area contributed by atoms with Gasteiger partial charge in [0.2, 0.25) is 0 Å². The first-order valence-corrected chi connectivity index (χ1v) is 5.52. The minimum atomic E-state index is 0.567. The third-order valence-corrected chi connectivity index (χ3v) is 3.00. The molecule has 1 fully saturated rings. The van der Waals surface area contributed by atoms with Crippen LogP contribution in [0.25, 0.3) is 0 Å². The first-order valence-electron chi connectivity index (χ1n) is 5.52. The molecular formula is C11H23NO. The van der Waals surface area contributed by atoms with Gasteiger partial charge in [-0.15, -0.1) is 0 Å². The van der Waals surface area contributed by atoms with E-state index in [1.165, 1.54) is 19.3 Å². The predicted octanol–water partition coefficient (Wildman–Crippen LogP) is 2.05. The van der Waals surface area contributed by atoms with E-state index in [1.807, 2.05) is 0 Å². The highest BCUT2D eigenvalue weighted by Crippen LogP contribution is 2.38. The number of hydrogen-bond donors (Lipinski definition) is 1. The van der Waals surface area contributed by atoms with Crippen LogP contribution in [0.5, 0.6) is 0 Å². The predicted molar refractivity (Wildman–Crippen MR) is 55.8 cm³/mol. The second kappa shape index (κ2) is 5.61. The maximum absolute atomic E-state index is 5.24. The molecule has 1 saturated carbocycles. The fourth-order valence-electron chi connectivity index (χ4n) is 1.86. The van der Waals surface area contributed by atoms with Gasteiger partial charge >= 0.3 is 0 Å². The topological polar surface area (TPSA) is 21.3 Å². The highest BCUT2D eigenvalue weighted by atomic mass is 16.5. The summed E-state index contributed by atoms with van der Waals surface area (Å²) in [6.45, 7) is 6.53. The van der Waals surface area contributed by atoms with E-state index in [0.29, 0.717) is 6.04 Å². The molecule has 1 aliphatic rings. The van der Waals surface area contributed by atoms with Gasteiger partial charge in [0.1, 0.15) is 0 Å². The first kappa shape index (κ1) is 11.0. The van der Waals surface area contributed by atoms with Crippen molar-refractivity contribution in [3.05, 3.63) is 0 Å². The molecule has 0 aromatic rings. The zero-order valence-electron chi connectivity index (χ0n) is 9.18. The molecule has 2 nitrogen and oxygen atoms in total. The smallest absolute Gasteiger partial charge is 0.0618 e. The summed E-state index contributed by atoms with van der Waals surface area (Å²) in [6, 6.07) is 0.567. The molecule has 0 radical (unpaired) electrons. The summed E-state index contributed by atoms with van der Waals surface area (Å²) in [4.78, 5) is 0. The fourth-order valence-corrected chi connectivity index (χ4v) is 1.86. The Morgan fingerprint density at radius 1 is 1.46 bits per heavy atom. The van der Waals surface area contributed by atoms with E-state index in [2.05, 4.69) is 19.2 Å². The highest BCUT2D eigenvalue weighted by Gasteiger charge is 2.32. The third-order valence-electron chi connectivity index (χ3n) is 3.00. The molecule has 0 aromatic heterocycles. The number of methoxy groups -OCH3 is 1. The normalized spacial score (nSPS) is 21.5. The third kappa shape index (κ3) is 3.65. The molecule has 13 heavy (non-hydrogen) atoms. The molecule has 0 spiro atoms. The number of rotatable bonds is 7. The summed E-state index contributed by atoms with van der Waals surface area (Å²) >= 11 is 0. The van der Waals surface area contributed by atoms with Crippen molar-refractivity contribution in [3.63, 3.8) is 0 Å². The summed E-state index contributed by atoms with van der Waals surface area (Å²) in [7, 11) is 1.79. The molecule has 2 atom stereocenters. The molecule has 0 aromatic carbocycles. The fraction of sp³-hybridized carbons (Fsp3) is 1.00. The van der Waals surface area contributed by atoms with Gasteiger partial charge in [0.25, 0.3) is 0 Å². The van der Waals surface area contributed by atoms with Gasteiger partial charge in [-0.3, -0.25) is 0 Å². The van der Waals surface area contributed by atoms with Crippen LogP contribution in [0, 0.1) is 11.8 Å². The van der Waals surface area contributed by atoms with Crippen LogP contribution in [0.2, 0.25) is 0 Å². The average molecular weight is 185 g/mol. The minimum absolute atomic E-state index is 0.567. The molecule has 0 aliphatic heterocycles. The van der Waals surface area contributed by atoms with Crippen molar-refractivity contribution in [3.8, 4) is 0 Å². The van der Waals surface area contributed by atoms with Crippen LogP contribution in [0.4, 0.5) is 0 Å². The molecular weight excluding hydrogens is 162 g/mol. The second-order valence-electron chi connectivity index (χ2n) is 4.21. The van der Waals surface area contributed by atoms with E-state index in [0.717, 1.165) is 25.0 Å². The van der Waals surface area contributed by atoms with Gasteiger partial charge in [0.15, 0.2) is 0 Å². The Morgan fingerprint density at radius 3 is 2.62 bits per heavy atom. The number of ether oxygens (including phenoxy) is 1. The van der Waals surface area contributed by atoms with Gasteiger partial charge in [-0.2, -0.15) is 0 Å². The van der Waals surface area contributed by atoms with Crippen LogP contribution < -0.4 is 5.32 Å². The van der Waals surface area contributed by atoms with Crippen molar-refractivity contribution < 1.29 is 4.74 Å². The lowest BCUT2D eigenvalue weighted by molar-refractivity contribution is 0.137. The van der Waals surface area contributed by atoms with E-state index in [9.17, 15) is 0 Å². The van der Waals surface area contributed by atoms with Crippen molar-refractivity contribution in [1.29, 1.82) is 0 Å². The van der Waals surface area contributed by atoms with Crippen LogP contribution >= 0.6 is 0 Å². The molecule has 2 unspecified atom stereocenters. The van der Waals surface area contributed by atoms with Crippen LogP contribution in [-0.4, -0.2) is 26.3 Å². The second-order valence-corrected chi connectivity index (χ2v) is 4.21. The molecule has 1 N–H and O–H groups in total. The Balaban J connectivity index is 2.26. The van der Waals surface area contributed by atoms with Gasteiger partial charge in [0.05, 0.1) is 6.61 Å². The average Bonchev–Trinajstić information content (AvgIpc) is 2.94. The number of nitrogens with one attached hydrogen (secondary N) is 1.